The Morgan fingerprint density at radius 3 is 2.52 bits per heavy atom. The summed E-state index contributed by atoms with van der Waals surface area (Å²) in [6.45, 7) is 3.21. The largest absolute Gasteiger partial charge is 0.381 e. The van der Waals surface area contributed by atoms with E-state index in [0.717, 1.165) is 37.3 Å². The number of sulfonamides is 1. The van der Waals surface area contributed by atoms with Crippen molar-refractivity contribution in [1.29, 1.82) is 0 Å². The average Bonchev–Trinajstić information content (AvgIpc) is 3.14. The molecule has 1 unspecified atom stereocenters. The number of rotatable bonds is 9. The summed E-state index contributed by atoms with van der Waals surface area (Å²) < 4.78 is 22.5. The van der Waals surface area contributed by atoms with Crippen molar-refractivity contribution in [1.82, 2.24) is 10.2 Å². The van der Waals surface area contributed by atoms with Gasteiger partial charge in [-0.25, -0.2) is 13.6 Å². The van der Waals surface area contributed by atoms with Crippen LogP contribution in [0.1, 0.15) is 18.4 Å². The predicted octanol–water partition coefficient (Wildman–Crippen LogP) is 1.57. The van der Waals surface area contributed by atoms with Crippen LogP contribution in [0.3, 0.4) is 0 Å². The Morgan fingerprint density at radius 1 is 1.10 bits per heavy atom. The number of hydrogen-bond acceptors (Lipinski definition) is 5. The fourth-order valence-electron chi connectivity index (χ4n) is 3.46. The van der Waals surface area contributed by atoms with Crippen molar-refractivity contribution in [3.63, 3.8) is 0 Å². The van der Waals surface area contributed by atoms with Gasteiger partial charge in [-0.15, -0.1) is 0 Å². The molecule has 0 aromatic heterocycles. The molecule has 1 saturated heterocycles. The third-order valence-electron chi connectivity index (χ3n) is 5.06. The molecule has 3 rings (SSSR count). The Bertz CT molecular complexity index is 901. The first kappa shape index (κ1) is 21.3. The zero-order valence-corrected chi connectivity index (χ0v) is 17.2. The smallest absolute Gasteiger partial charge is 0.238 e. The van der Waals surface area contributed by atoms with E-state index in [4.69, 9.17) is 5.14 Å². The number of hydrogen-bond donors (Lipinski definition) is 3. The van der Waals surface area contributed by atoms with Crippen LogP contribution >= 0.6 is 0 Å². The van der Waals surface area contributed by atoms with Crippen molar-refractivity contribution in [2.45, 2.75) is 30.2 Å². The third-order valence-corrected chi connectivity index (χ3v) is 5.99. The van der Waals surface area contributed by atoms with Gasteiger partial charge in [-0.1, -0.05) is 30.3 Å². The van der Waals surface area contributed by atoms with Gasteiger partial charge in [-0.05, 0) is 42.7 Å². The van der Waals surface area contributed by atoms with E-state index in [1.165, 1.54) is 12.1 Å². The summed E-state index contributed by atoms with van der Waals surface area (Å²) in [6.07, 6.45) is 2.19. The van der Waals surface area contributed by atoms with E-state index in [-0.39, 0.29) is 10.8 Å². The highest BCUT2D eigenvalue weighted by Crippen LogP contribution is 2.15. The summed E-state index contributed by atoms with van der Waals surface area (Å²) in [6, 6.07) is 17.0. The Balaban J connectivity index is 1.32. The molecule has 0 bridgehead atoms. The number of primary sulfonamides is 1. The molecule has 1 atom stereocenters. The van der Waals surface area contributed by atoms with E-state index in [1.54, 1.807) is 12.1 Å². The molecule has 0 aliphatic carbocycles. The van der Waals surface area contributed by atoms with E-state index in [1.807, 2.05) is 18.2 Å². The fraction of sp³-hybridized carbons (Fsp3) is 0.381. The van der Waals surface area contributed by atoms with E-state index in [2.05, 4.69) is 27.7 Å². The van der Waals surface area contributed by atoms with Crippen molar-refractivity contribution >= 4 is 21.6 Å². The molecule has 2 aromatic carbocycles. The minimum atomic E-state index is -3.67. The molecule has 1 fully saturated rings. The van der Waals surface area contributed by atoms with E-state index < -0.39 is 10.0 Å². The van der Waals surface area contributed by atoms with Crippen molar-refractivity contribution in [3.05, 3.63) is 60.2 Å². The van der Waals surface area contributed by atoms with E-state index in [0.29, 0.717) is 25.4 Å². The number of nitrogens with zero attached hydrogens (tertiary/aromatic N) is 1. The molecule has 4 N–H and O–H groups in total. The van der Waals surface area contributed by atoms with Gasteiger partial charge in [0.05, 0.1) is 4.90 Å². The van der Waals surface area contributed by atoms with Crippen LogP contribution in [-0.4, -0.2) is 51.4 Å². The molecule has 1 aliphatic heterocycles. The molecule has 29 heavy (non-hydrogen) atoms. The van der Waals surface area contributed by atoms with Crippen LogP contribution in [0.5, 0.6) is 0 Å². The number of carbonyl (C=O) groups is 1. The number of carbonyl (C=O) groups excluding carboxylic acids is 1. The Hall–Kier alpha value is -2.42. The molecule has 7 nitrogen and oxygen atoms in total. The van der Waals surface area contributed by atoms with Crippen molar-refractivity contribution in [3.8, 4) is 0 Å². The number of amides is 1. The van der Waals surface area contributed by atoms with Crippen LogP contribution in [0, 0.1) is 0 Å². The maximum Gasteiger partial charge on any atom is 0.238 e. The summed E-state index contributed by atoms with van der Waals surface area (Å²) in [4.78, 5) is 14.5. The molecule has 8 heteroatoms. The van der Waals surface area contributed by atoms with Gasteiger partial charge in [0.25, 0.3) is 0 Å². The number of anilines is 1. The normalized spacial score (nSPS) is 17.2. The summed E-state index contributed by atoms with van der Waals surface area (Å²) in [7, 11) is -3.67. The standard InChI is InChI=1S/C21H28N4O3S/c22-29(27,28)20-8-6-17(7-9-20)10-13-23-21(26)12-15-25-14-11-19(16-25)24-18-4-2-1-3-5-18/h1-9,19,24H,10-16H2,(H,23,26)(H2,22,27,28). The molecule has 1 aliphatic rings. The summed E-state index contributed by atoms with van der Waals surface area (Å²) in [5.74, 6) is 0.0330. The molecule has 0 saturated carbocycles. The first-order valence-electron chi connectivity index (χ1n) is 9.82. The Labute approximate surface area is 172 Å². The van der Waals surface area contributed by atoms with Crippen molar-refractivity contribution < 1.29 is 13.2 Å². The maximum absolute atomic E-state index is 12.1. The minimum absolute atomic E-state index is 0.0330. The van der Waals surface area contributed by atoms with Crippen LogP contribution < -0.4 is 15.8 Å². The predicted molar refractivity (Wildman–Crippen MR) is 114 cm³/mol. The second-order valence-corrected chi connectivity index (χ2v) is 8.90. The lowest BCUT2D eigenvalue weighted by atomic mass is 10.1. The van der Waals surface area contributed by atoms with Crippen LogP contribution in [0.15, 0.2) is 59.5 Å². The first-order valence-corrected chi connectivity index (χ1v) is 11.4. The van der Waals surface area contributed by atoms with Crippen LogP contribution in [0.2, 0.25) is 0 Å². The highest BCUT2D eigenvalue weighted by atomic mass is 32.2. The maximum atomic E-state index is 12.1. The highest BCUT2D eigenvalue weighted by Gasteiger charge is 2.22. The number of para-hydroxylation sites is 1. The molecular weight excluding hydrogens is 388 g/mol. The SMILES string of the molecule is NS(=O)(=O)c1ccc(CCNC(=O)CCN2CCC(Nc3ccccc3)C2)cc1. The van der Waals surface area contributed by atoms with Crippen molar-refractivity contribution in [2.75, 3.05) is 31.5 Å². The Morgan fingerprint density at radius 2 is 1.83 bits per heavy atom. The second kappa shape index (κ2) is 9.87. The molecular formula is C21H28N4O3S. The van der Waals surface area contributed by atoms with Gasteiger partial charge in [-0.3, -0.25) is 4.79 Å². The molecule has 1 heterocycles. The number of likely N-dealkylation sites (tertiary alicyclic amines) is 1. The molecule has 156 valence electrons. The van der Waals surface area contributed by atoms with Crippen LogP contribution in [0.4, 0.5) is 5.69 Å². The zero-order chi connectivity index (χ0) is 20.7. The molecule has 0 spiro atoms. The first-order chi connectivity index (χ1) is 13.9. The summed E-state index contributed by atoms with van der Waals surface area (Å²) in [5, 5.41) is 11.5. The molecule has 2 aromatic rings. The third kappa shape index (κ3) is 6.85. The van der Waals surface area contributed by atoms with Gasteiger partial charge >= 0.3 is 0 Å². The highest BCUT2D eigenvalue weighted by molar-refractivity contribution is 7.89. The minimum Gasteiger partial charge on any atom is -0.381 e. The van der Waals surface area contributed by atoms with Gasteiger partial charge < -0.3 is 15.5 Å². The monoisotopic (exact) mass is 416 g/mol. The lowest BCUT2D eigenvalue weighted by molar-refractivity contribution is -0.121. The van der Waals surface area contributed by atoms with Gasteiger partial charge in [0.2, 0.25) is 15.9 Å². The summed E-state index contributed by atoms with van der Waals surface area (Å²) >= 11 is 0. The quantitative estimate of drug-likeness (QED) is 0.576. The lowest BCUT2D eigenvalue weighted by Crippen LogP contribution is -2.32. The Kier molecular flexibility index (Phi) is 7.24. The summed E-state index contributed by atoms with van der Waals surface area (Å²) in [5.41, 5.74) is 2.08. The topological polar surface area (TPSA) is 105 Å². The van der Waals surface area contributed by atoms with Gasteiger partial charge in [-0.2, -0.15) is 0 Å². The molecule has 1 amide bonds. The second-order valence-electron chi connectivity index (χ2n) is 7.34. The van der Waals surface area contributed by atoms with Crippen LogP contribution in [-0.2, 0) is 21.2 Å². The van der Waals surface area contributed by atoms with Gasteiger partial charge in [0.15, 0.2) is 0 Å². The fourth-order valence-corrected chi connectivity index (χ4v) is 3.98. The number of nitrogens with one attached hydrogen (secondary N) is 2. The van der Waals surface area contributed by atoms with Gasteiger partial charge in [0.1, 0.15) is 0 Å². The molecule has 0 radical (unpaired) electrons. The number of benzene rings is 2. The lowest BCUT2D eigenvalue weighted by Gasteiger charge is -2.17. The van der Waals surface area contributed by atoms with Crippen LogP contribution in [0.25, 0.3) is 0 Å². The van der Waals surface area contributed by atoms with E-state index in [9.17, 15) is 13.2 Å². The number of nitrogens with two attached hydrogens (primary N) is 1. The zero-order valence-electron chi connectivity index (χ0n) is 16.4. The van der Waals surface area contributed by atoms with E-state index >= 15 is 0 Å². The van der Waals surface area contributed by atoms with Gasteiger partial charge in [0, 0.05) is 44.3 Å². The van der Waals surface area contributed by atoms with Crippen molar-refractivity contribution in [2.24, 2.45) is 5.14 Å². The average molecular weight is 417 g/mol.